The Labute approximate surface area is 148 Å². The third-order valence-corrected chi connectivity index (χ3v) is 4.63. The van der Waals surface area contributed by atoms with Gasteiger partial charge in [0.25, 0.3) is 5.91 Å². The number of carbonyl (C=O) groups excluding carboxylic acids is 1. The first-order valence-electron chi connectivity index (χ1n) is 7.27. The fraction of sp³-hybridized carbons (Fsp3) is 0.312. The molecule has 0 radical (unpaired) electrons. The van der Waals surface area contributed by atoms with Gasteiger partial charge in [0.1, 0.15) is 10.6 Å². The Bertz CT molecular complexity index is 696. The van der Waals surface area contributed by atoms with Crippen LogP contribution in [0.15, 0.2) is 35.7 Å². The smallest absolute Gasteiger partial charge is 0.387 e. The molecule has 1 amide bonds. The van der Waals surface area contributed by atoms with Gasteiger partial charge in [0.2, 0.25) is 0 Å². The van der Waals surface area contributed by atoms with Gasteiger partial charge < -0.3 is 15.4 Å². The molecule has 0 fully saturated rings. The molecule has 2 aromatic rings. The lowest BCUT2D eigenvalue weighted by atomic mass is 9.94. The maximum atomic E-state index is 12.3. The molecule has 2 N–H and O–H groups in total. The summed E-state index contributed by atoms with van der Waals surface area (Å²) in [6.07, 6.45) is 0.956. The van der Waals surface area contributed by atoms with Gasteiger partial charge >= 0.3 is 6.61 Å². The third-order valence-electron chi connectivity index (χ3n) is 3.73. The standard InChI is InChI=1S/C16H16F2N2O2S.ClH/c17-16(18)22-13-6-8-23-14(13)15(21)20-9-12-11-4-2-1-3-10(11)5-7-19-12;/h1-4,6,8,12,16,19H,5,7,9H2,(H,20,21);1H. The minimum Gasteiger partial charge on any atom is -0.433 e. The van der Waals surface area contributed by atoms with Crippen LogP contribution >= 0.6 is 23.7 Å². The quantitative estimate of drug-likeness (QED) is 0.843. The molecule has 0 saturated carbocycles. The normalized spacial score (nSPS) is 16.2. The number of halogens is 3. The summed E-state index contributed by atoms with van der Waals surface area (Å²) < 4.78 is 29.0. The topological polar surface area (TPSA) is 50.4 Å². The zero-order valence-corrected chi connectivity index (χ0v) is 14.3. The molecule has 24 heavy (non-hydrogen) atoms. The van der Waals surface area contributed by atoms with Crippen LogP contribution in [0.25, 0.3) is 0 Å². The number of carbonyl (C=O) groups is 1. The second-order valence-electron chi connectivity index (χ2n) is 5.16. The van der Waals surface area contributed by atoms with Crippen LogP contribution in [-0.4, -0.2) is 25.6 Å². The van der Waals surface area contributed by atoms with Gasteiger partial charge in [-0.05, 0) is 35.5 Å². The SMILES string of the molecule is Cl.O=C(NCC1NCCc2ccccc21)c1sccc1OC(F)F. The number of hydrogen-bond acceptors (Lipinski definition) is 4. The van der Waals surface area contributed by atoms with E-state index >= 15 is 0 Å². The van der Waals surface area contributed by atoms with Crippen molar-refractivity contribution in [3.05, 3.63) is 51.7 Å². The van der Waals surface area contributed by atoms with Gasteiger partial charge in [-0.1, -0.05) is 24.3 Å². The van der Waals surface area contributed by atoms with Crippen LogP contribution in [0.3, 0.4) is 0 Å². The van der Waals surface area contributed by atoms with E-state index in [1.807, 2.05) is 18.2 Å². The van der Waals surface area contributed by atoms with E-state index in [-0.39, 0.29) is 29.1 Å². The van der Waals surface area contributed by atoms with Crippen LogP contribution in [0.2, 0.25) is 0 Å². The second kappa shape index (κ2) is 8.41. The maximum absolute atomic E-state index is 12.3. The maximum Gasteiger partial charge on any atom is 0.387 e. The highest BCUT2D eigenvalue weighted by atomic mass is 35.5. The van der Waals surface area contributed by atoms with Gasteiger partial charge in [-0.25, -0.2) is 0 Å². The molecule has 0 saturated heterocycles. The zero-order valence-electron chi connectivity index (χ0n) is 12.6. The second-order valence-corrected chi connectivity index (χ2v) is 6.07. The summed E-state index contributed by atoms with van der Waals surface area (Å²) in [4.78, 5) is 12.4. The largest absolute Gasteiger partial charge is 0.433 e. The van der Waals surface area contributed by atoms with Gasteiger partial charge in [-0.2, -0.15) is 8.78 Å². The predicted molar refractivity (Wildman–Crippen MR) is 91.4 cm³/mol. The molecule has 1 aliphatic heterocycles. The van der Waals surface area contributed by atoms with E-state index in [0.717, 1.165) is 29.9 Å². The van der Waals surface area contributed by atoms with Crippen LogP contribution < -0.4 is 15.4 Å². The molecule has 3 rings (SSSR count). The van der Waals surface area contributed by atoms with E-state index in [2.05, 4.69) is 21.4 Å². The minimum absolute atomic E-state index is 0. The first kappa shape index (κ1) is 18.6. The van der Waals surface area contributed by atoms with Gasteiger partial charge in [-0.15, -0.1) is 23.7 Å². The van der Waals surface area contributed by atoms with Crippen molar-refractivity contribution in [2.45, 2.75) is 19.1 Å². The first-order valence-corrected chi connectivity index (χ1v) is 8.15. The van der Waals surface area contributed by atoms with Crippen molar-refractivity contribution >= 4 is 29.7 Å². The highest BCUT2D eigenvalue weighted by molar-refractivity contribution is 7.12. The van der Waals surface area contributed by atoms with E-state index in [1.54, 1.807) is 5.38 Å². The lowest BCUT2D eigenvalue weighted by Gasteiger charge is -2.27. The third kappa shape index (κ3) is 4.23. The van der Waals surface area contributed by atoms with E-state index in [0.29, 0.717) is 6.54 Å². The molecule has 1 aliphatic rings. The zero-order chi connectivity index (χ0) is 16.2. The summed E-state index contributed by atoms with van der Waals surface area (Å²) in [7, 11) is 0. The number of thiophene rings is 1. The molecular weight excluding hydrogens is 358 g/mol. The summed E-state index contributed by atoms with van der Waals surface area (Å²) in [6, 6.07) is 9.48. The average molecular weight is 375 g/mol. The van der Waals surface area contributed by atoms with Crippen molar-refractivity contribution in [2.75, 3.05) is 13.1 Å². The number of rotatable bonds is 5. The Morgan fingerprint density at radius 3 is 2.96 bits per heavy atom. The lowest BCUT2D eigenvalue weighted by Crippen LogP contribution is -2.38. The van der Waals surface area contributed by atoms with E-state index in [9.17, 15) is 13.6 Å². The Balaban J connectivity index is 0.00000208. The van der Waals surface area contributed by atoms with Crippen molar-refractivity contribution in [2.24, 2.45) is 0 Å². The van der Waals surface area contributed by atoms with Crippen molar-refractivity contribution in [1.82, 2.24) is 10.6 Å². The minimum atomic E-state index is -2.94. The Morgan fingerprint density at radius 2 is 2.17 bits per heavy atom. The number of hydrogen-bond donors (Lipinski definition) is 2. The van der Waals surface area contributed by atoms with Gasteiger partial charge in [0.05, 0.1) is 0 Å². The average Bonchev–Trinajstić information content (AvgIpc) is 3.00. The number of amides is 1. The molecule has 0 aliphatic carbocycles. The highest BCUT2D eigenvalue weighted by Crippen LogP contribution is 2.27. The van der Waals surface area contributed by atoms with Gasteiger partial charge in [0, 0.05) is 12.6 Å². The molecule has 0 spiro atoms. The molecule has 2 heterocycles. The van der Waals surface area contributed by atoms with E-state index < -0.39 is 12.5 Å². The Morgan fingerprint density at radius 1 is 1.38 bits per heavy atom. The summed E-state index contributed by atoms with van der Waals surface area (Å²) in [5, 5.41) is 7.71. The Kier molecular flexibility index (Phi) is 6.53. The summed E-state index contributed by atoms with van der Waals surface area (Å²) >= 11 is 1.08. The summed E-state index contributed by atoms with van der Waals surface area (Å²) in [5.41, 5.74) is 2.43. The summed E-state index contributed by atoms with van der Waals surface area (Å²) in [6.45, 7) is -1.71. The van der Waals surface area contributed by atoms with Crippen molar-refractivity contribution in [3.63, 3.8) is 0 Å². The number of ether oxygens (including phenoxy) is 1. The molecule has 1 unspecified atom stereocenters. The number of nitrogens with one attached hydrogen (secondary N) is 2. The number of benzene rings is 1. The summed E-state index contributed by atoms with van der Waals surface area (Å²) in [5.74, 6) is -0.486. The van der Waals surface area contributed by atoms with Crippen LogP contribution in [0.1, 0.15) is 26.8 Å². The fourth-order valence-electron chi connectivity index (χ4n) is 2.70. The van der Waals surface area contributed by atoms with Crippen LogP contribution in [0, 0.1) is 0 Å². The number of alkyl halides is 2. The van der Waals surface area contributed by atoms with Crippen molar-refractivity contribution in [1.29, 1.82) is 0 Å². The van der Waals surface area contributed by atoms with Crippen molar-refractivity contribution in [3.8, 4) is 5.75 Å². The van der Waals surface area contributed by atoms with E-state index in [4.69, 9.17) is 0 Å². The number of fused-ring (bicyclic) bond motifs is 1. The van der Waals surface area contributed by atoms with Gasteiger partial charge in [0.15, 0.2) is 0 Å². The van der Waals surface area contributed by atoms with Crippen molar-refractivity contribution < 1.29 is 18.3 Å². The lowest BCUT2D eigenvalue weighted by molar-refractivity contribution is -0.0498. The molecule has 0 bridgehead atoms. The monoisotopic (exact) mass is 374 g/mol. The molecule has 130 valence electrons. The molecule has 8 heteroatoms. The molecule has 4 nitrogen and oxygen atoms in total. The molecule has 1 atom stereocenters. The fourth-order valence-corrected chi connectivity index (χ4v) is 3.44. The van der Waals surface area contributed by atoms with Crippen LogP contribution in [0.5, 0.6) is 5.75 Å². The van der Waals surface area contributed by atoms with E-state index in [1.165, 1.54) is 11.6 Å². The molecule has 1 aromatic heterocycles. The van der Waals surface area contributed by atoms with Crippen LogP contribution in [-0.2, 0) is 6.42 Å². The first-order chi connectivity index (χ1) is 11.1. The predicted octanol–water partition coefficient (Wildman–Crippen LogP) is 3.39. The molecular formula is C16H17ClF2N2O2S. The molecule has 1 aromatic carbocycles. The Hall–Kier alpha value is -1.70. The van der Waals surface area contributed by atoms with Crippen LogP contribution in [0.4, 0.5) is 8.78 Å². The highest BCUT2D eigenvalue weighted by Gasteiger charge is 2.22. The van der Waals surface area contributed by atoms with Gasteiger partial charge in [-0.3, -0.25) is 4.79 Å².